The van der Waals surface area contributed by atoms with Crippen LogP contribution in [-0.2, 0) is 30.3 Å². The van der Waals surface area contributed by atoms with Gasteiger partial charge in [-0.05, 0) is 42.6 Å². The molecule has 2 aromatic heterocycles. The number of hydrogen-bond donors (Lipinski definition) is 1. The molecule has 0 fully saturated rings. The number of aliphatic hydroxyl groups is 1. The molecule has 0 aliphatic rings. The molecule has 1 radical (unpaired) electrons. The quantitative estimate of drug-likeness (QED) is 0.0942. The van der Waals surface area contributed by atoms with Crippen LogP contribution in [0.2, 0.25) is 0 Å². The van der Waals surface area contributed by atoms with E-state index in [-0.39, 0.29) is 48.9 Å². The molecule has 0 atom stereocenters. The molecule has 6 aromatic rings. The summed E-state index contributed by atoms with van der Waals surface area (Å²) in [7, 11) is 0. The predicted octanol–water partition coefficient (Wildman–Crippen LogP) is 11.3. The maximum atomic E-state index is 11.7. The topological polar surface area (TPSA) is 76.2 Å². The largest absolute Gasteiger partial charge is 0.512 e. The van der Waals surface area contributed by atoms with Gasteiger partial charge in [0.15, 0.2) is 5.78 Å². The number of carbonyl (C=O) groups excluding carboxylic acids is 1. The van der Waals surface area contributed by atoms with Crippen molar-refractivity contribution in [2.24, 2.45) is 11.8 Å². The van der Waals surface area contributed by atoms with Gasteiger partial charge in [0, 0.05) is 48.8 Å². The number of rotatable bonds is 8. The molecule has 0 spiro atoms. The van der Waals surface area contributed by atoms with E-state index in [2.05, 4.69) is 91.4 Å². The minimum atomic E-state index is -0.0142. The molecule has 0 unspecified atom stereocenters. The van der Waals surface area contributed by atoms with Crippen molar-refractivity contribution >= 4 is 49.4 Å². The second kappa shape index (κ2) is 15.4. The van der Waals surface area contributed by atoms with Crippen molar-refractivity contribution in [1.82, 2.24) is 9.97 Å². The standard InChI is InChI=1S/C28H21N2O.C13H24O2.Ir/c1-28(2,3)23-15-19(14-18-9-5-6-10-20(18)23)24-27-25(30-16-29-24)22-13-12-17-8-4-7-11-21(17)26(22)31-27;1-5-10(6-2)12(14)9-13(15)11(7-3)8-4;/h4-13,15-16H,1-3H3;9-11,14H,5-8H2,1-4H3;/q-1;;/b;12-9-;. The summed E-state index contributed by atoms with van der Waals surface area (Å²) in [5, 5.41) is 15.3. The third kappa shape index (κ3) is 7.50. The molecule has 0 saturated carbocycles. The van der Waals surface area contributed by atoms with Crippen molar-refractivity contribution in [2.45, 2.75) is 79.6 Å². The van der Waals surface area contributed by atoms with E-state index in [1.54, 1.807) is 6.33 Å². The Hall–Kier alpha value is -3.86. The number of aromatic nitrogens is 2. The summed E-state index contributed by atoms with van der Waals surface area (Å²) >= 11 is 0. The van der Waals surface area contributed by atoms with Gasteiger partial charge in [-0.1, -0.05) is 108 Å². The van der Waals surface area contributed by atoms with Crippen LogP contribution in [0, 0.1) is 17.9 Å². The zero-order chi connectivity index (χ0) is 33.0. The van der Waals surface area contributed by atoms with Gasteiger partial charge in [-0.15, -0.1) is 29.1 Å². The van der Waals surface area contributed by atoms with Crippen LogP contribution < -0.4 is 0 Å². The van der Waals surface area contributed by atoms with E-state index < -0.39 is 0 Å². The van der Waals surface area contributed by atoms with E-state index in [0.29, 0.717) is 5.58 Å². The van der Waals surface area contributed by atoms with Crippen LogP contribution in [0.15, 0.2) is 89.3 Å². The Kier molecular flexibility index (Phi) is 11.8. The van der Waals surface area contributed by atoms with E-state index in [9.17, 15) is 9.90 Å². The van der Waals surface area contributed by atoms with Gasteiger partial charge in [0.1, 0.15) is 23.0 Å². The summed E-state index contributed by atoms with van der Waals surface area (Å²) in [5.74, 6) is 0.547. The normalized spacial score (nSPS) is 12.1. The van der Waals surface area contributed by atoms with Crippen LogP contribution >= 0.6 is 0 Å². The van der Waals surface area contributed by atoms with E-state index in [1.807, 2.05) is 39.8 Å². The van der Waals surface area contributed by atoms with Crippen LogP contribution in [-0.4, -0.2) is 20.9 Å². The fourth-order valence-corrected chi connectivity index (χ4v) is 6.25. The number of ketones is 1. The molecule has 5 nitrogen and oxygen atoms in total. The van der Waals surface area contributed by atoms with E-state index >= 15 is 0 Å². The van der Waals surface area contributed by atoms with Gasteiger partial charge in [-0.25, -0.2) is 4.98 Å². The summed E-state index contributed by atoms with van der Waals surface area (Å²) in [6, 6.07) is 26.7. The summed E-state index contributed by atoms with van der Waals surface area (Å²) < 4.78 is 6.44. The molecule has 2 heterocycles. The van der Waals surface area contributed by atoms with Gasteiger partial charge in [0.05, 0.1) is 11.5 Å². The first kappa shape index (κ1) is 36.0. The van der Waals surface area contributed by atoms with Crippen LogP contribution in [0.4, 0.5) is 0 Å². The average Bonchev–Trinajstić information content (AvgIpc) is 3.45. The summed E-state index contributed by atoms with van der Waals surface area (Å²) in [5.41, 5.74) is 5.36. The number of fused-ring (bicyclic) bond motifs is 6. The van der Waals surface area contributed by atoms with Crippen LogP contribution in [0.3, 0.4) is 0 Å². The van der Waals surface area contributed by atoms with Gasteiger partial charge in [-0.2, -0.15) is 0 Å². The first-order valence-electron chi connectivity index (χ1n) is 16.6. The zero-order valence-corrected chi connectivity index (χ0v) is 30.9. The third-order valence-corrected chi connectivity index (χ3v) is 9.06. The molecular formula is C41H45IrN2O3-. The van der Waals surface area contributed by atoms with Gasteiger partial charge in [0.2, 0.25) is 0 Å². The fourth-order valence-electron chi connectivity index (χ4n) is 6.25. The van der Waals surface area contributed by atoms with Crippen molar-refractivity contribution in [3.63, 3.8) is 0 Å². The molecular weight excluding hydrogens is 761 g/mol. The molecule has 6 rings (SSSR count). The molecule has 247 valence electrons. The van der Waals surface area contributed by atoms with Crippen molar-refractivity contribution in [3.8, 4) is 11.3 Å². The average molecular weight is 806 g/mol. The van der Waals surface area contributed by atoms with Gasteiger partial charge < -0.3 is 9.52 Å². The molecule has 47 heavy (non-hydrogen) atoms. The second-order valence-corrected chi connectivity index (χ2v) is 13.1. The minimum absolute atomic E-state index is 0. The maximum absolute atomic E-state index is 11.7. The maximum Gasteiger partial charge on any atom is 0.162 e. The third-order valence-electron chi connectivity index (χ3n) is 9.06. The Labute approximate surface area is 291 Å². The first-order chi connectivity index (χ1) is 22.1. The predicted molar refractivity (Wildman–Crippen MR) is 191 cm³/mol. The molecule has 6 heteroatoms. The number of nitrogens with zero attached hydrogens (tertiary/aromatic N) is 2. The number of hydrogen-bond acceptors (Lipinski definition) is 5. The fraction of sp³-hybridized carbons (Fsp3) is 0.341. The molecule has 1 N–H and O–H groups in total. The number of benzene rings is 4. The number of allylic oxidation sites excluding steroid dienone is 2. The van der Waals surface area contributed by atoms with E-state index in [0.717, 1.165) is 69.6 Å². The Bertz CT molecular complexity index is 2030. The van der Waals surface area contributed by atoms with Crippen LogP contribution in [0.5, 0.6) is 0 Å². The van der Waals surface area contributed by atoms with E-state index in [1.165, 1.54) is 17.0 Å². The second-order valence-electron chi connectivity index (χ2n) is 13.1. The van der Waals surface area contributed by atoms with Crippen LogP contribution in [0.25, 0.3) is 54.9 Å². The Morgan fingerprint density at radius 1 is 0.830 bits per heavy atom. The molecule has 0 saturated heterocycles. The number of aliphatic hydroxyl groups excluding tert-OH is 1. The smallest absolute Gasteiger partial charge is 0.162 e. The number of carbonyl (C=O) groups is 1. The van der Waals surface area contributed by atoms with Gasteiger partial charge in [0.25, 0.3) is 0 Å². The molecule has 0 aliphatic carbocycles. The van der Waals surface area contributed by atoms with E-state index in [4.69, 9.17) is 4.42 Å². The van der Waals surface area contributed by atoms with Gasteiger partial charge in [-0.3, -0.25) is 9.78 Å². The summed E-state index contributed by atoms with van der Waals surface area (Å²) in [6.07, 6.45) is 6.53. The summed E-state index contributed by atoms with van der Waals surface area (Å²) in [6.45, 7) is 14.8. The Balaban J connectivity index is 0.000000269. The Morgan fingerprint density at radius 3 is 2.13 bits per heavy atom. The molecule has 0 bridgehead atoms. The van der Waals surface area contributed by atoms with Crippen molar-refractivity contribution in [3.05, 3.63) is 96.5 Å². The van der Waals surface area contributed by atoms with Crippen molar-refractivity contribution < 1.29 is 34.4 Å². The molecule has 4 aromatic carbocycles. The molecule has 0 aliphatic heterocycles. The van der Waals surface area contributed by atoms with Crippen molar-refractivity contribution in [1.29, 1.82) is 0 Å². The zero-order valence-electron chi connectivity index (χ0n) is 28.5. The summed E-state index contributed by atoms with van der Waals surface area (Å²) in [4.78, 5) is 20.9. The Morgan fingerprint density at radius 2 is 1.47 bits per heavy atom. The van der Waals surface area contributed by atoms with Gasteiger partial charge >= 0.3 is 0 Å². The first-order valence-corrected chi connectivity index (χ1v) is 16.6. The number of furan rings is 1. The SMILES string of the molecule is CC(C)(C)c1cc(-c2ncnc3c2oc2c4ccccc4ccc32)[c-]c2ccccc12.CCC(CC)C(=O)/C=C(\O)C(CC)CC.[Ir]. The monoisotopic (exact) mass is 806 g/mol. The molecule has 0 amide bonds. The minimum Gasteiger partial charge on any atom is -0.512 e. The van der Waals surface area contributed by atoms with Crippen LogP contribution in [0.1, 0.15) is 79.7 Å². The van der Waals surface area contributed by atoms with Crippen molar-refractivity contribution in [2.75, 3.05) is 0 Å².